The highest BCUT2D eigenvalue weighted by Crippen LogP contribution is 2.17. The molecule has 0 aliphatic carbocycles. The Kier molecular flexibility index (Phi) is 3.45. The number of anilines is 2. The average Bonchev–Trinajstić information content (AvgIpc) is 2.68. The summed E-state index contributed by atoms with van der Waals surface area (Å²) in [5.41, 5.74) is 2.97. The third-order valence-electron chi connectivity index (χ3n) is 2.81. The van der Waals surface area contributed by atoms with Crippen LogP contribution in [0.25, 0.3) is 0 Å². The Hall–Kier alpha value is -2.11. The molecule has 2 rings (SSSR count). The lowest BCUT2D eigenvalue weighted by Crippen LogP contribution is -2.07. The average molecular weight is 247 g/mol. The highest BCUT2D eigenvalue weighted by Gasteiger charge is 2.10. The van der Waals surface area contributed by atoms with Crippen LogP contribution in [0.3, 0.4) is 0 Å². The van der Waals surface area contributed by atoms with Crippen LogP contribution in [0.15, 0.2) is 10.7 Å². The van der Waals surface area contributed by atoms with Crippen molar-refractivity contribution in [1.29, 1.82) is 0 Å². The van der Waals surface area contributed by atoms with Gasteiger partial charge in [-0.1, -0.05) is 5.16 Å². The van der Waals surface area contributed by atoms with Gasteiger partial charge in [0.05, 0.1) is 5.69 Å². The first kappa shape index (κ1) is 12.3. The standard InChI is InChI=1S/C12H17N5O/c1-7-5-15-12(13-4)16-11(7)14-6-10-8(2)17-18-9(10)3/h5H,6H2,1-4H3,(H2,13,14,15,16). The molecule has 0 bridgehead atoms. The van der Waals surface area contributed by atoms with Crippen LogP contribution in [-0.4, -0.2) is 22.2 Å². The lowest BCUT2D eigenvalue weighted by molar-refractivity contribution is 0.392. The first-order valence-electron chi connectivity index (χ1n) is 5.79. The second-order valence-corrected chi connectivity index (χ2v) is 4.13. The predicted octanol–water partition coefficient (Wildman–Crippen LogP) is 2.04. The van der Waals surface area contributed by atoms with E-state index in [1.165, 1.54) is 0 Å². The fourth-order valence-electron chi connectivity index (χ4n) is 1.67. The zero-order chi connectivity index (χ0) is 13.1. The van der Waals surface area contributed by atoms with Crippen LogP contribution in [0.4, 0.5) is 11.8 Å². The minimum Gasteiger partial charge on any atom is -0.365 e. The van der Waals surface area contributed by atoms with Gasteiger partial charge in [0.25, 0.3) is 0 Å². The molecule has 0 aromatic carbocycles. The second kappa shape index (κ2) is 5.03. The number of nitrogens with zero attached hydrogens (tertiary/aromatic N) is 3. The fraction of sp³-hybridized carbons (Fsp3) is 0.417. The topological polar surface area (TPSA) is 75.9 Å². The summed E-state index contributed by atoms with van der Waals surface area (Å²) < 4.78 is 5.12. The Balaban J connectivity index is 2.15. The molecule has 0 aliphatic heterocycles. The van der Waals surface area contributed by atoms with Crippen LogP contribution in [0.5, 0.6) is 0 Å². The van der Waals surface area contributed by atoms with Crippen molar-refractivity contribution in [3.8, 4) is 0 Å². The van der Waals surface area contributed by atoms with Gasteiger partial charge in [0.15, 0.2) is 0 Å². The number of nitrogens with one attached hydrogen (secondary N) is 2. The molecule has 0 unspecified atom stereocenters. The van der Waals surface area contributed by atoms with E-state index in [1.54, 1.807) is 13.2 Å². The molecular weight excluding hydrogens is 230 g/mol. The Morgan fingerprint density at radius 3 is 2.67 bits per heavy atom. The minimum atomic E-state index is 0.599. The van der Waals surface area contributed by atoms with E-state index in [0.29, 0.717) is 12.5 Å². The maximum atomic E-state index is 5.12. The van der Waals surface area contributed by atoms with E-state index in [-0.39, 0.29) is 0 Å². The summed E-state index contributed by atoms with van der Waals surface area (Å²) in [6.07, 6.45) is 1.79. The molecule has 6 nitrogen and oxygen atoms in total. The summed E-state index contributed by atoms with van der Waals surface area (Å²) in [6.45, 7) is 6.44. The van der Waals surface area contributed by atoms with E-state index in [1.807, 2.05) is 20.8 Å². The molecular formula is C12H17N5O. The second-order valence-electron chi connectivity index (χ2n) is 4.13. The SMILES string of the molecule is CNc1ncc(C)c(NCc2c(C)noc2C)n1. The van der Waals surface area contributed by atoms with Gasteiger partial charge in [0, 0.05) is 30.9 Å². The Bertz CT molecular complexity index is 530. The molecule has 96 valence electrons. The largest absolute Gasteiger partial charge is 0.365 e. The van der Waals surface area contributed by atoms with Crippen LogP contribution in [0, 0.1) is 20.8 Å². The Morgan fingerprint density at radius 1 is 1.28 bits per heavy atom. The van der Waals surface area contributed by atoms with Gasteiger partial charge in [-0.3, -0.25) is 0 Å². The van der Waals surface area contributed by atoms with E-state index in [9.17, 15) is 0 Å². The zero-order valence-corrected chi connectivity index (χ0v) is 11.0. The molecule has 0 saturated carbocycles. The number of aryl methyl sites for hydroxylation is 3. The first-order valence-corrected chi connectivity index (χ1v) is 5.79. The molecule has 0 spiro atoms. The van der Waals surface area contributed by atoms with Crippen molar-refractivity contribution in [3.05, 3.63) is 28.8 Å². The summed E-state index contributed by atoms with van der Waals surface area (Å²) in [5.74, 6) is 2.25. The van der Waals surface area contributed by atoms with E-state index in [2.05, 4.69) is 25.8 Å². The summed E-state index contributed by atoms with van der Waals surface area (Å²) in [5, 5.41) is 10.1. The molecule has 2 aromatic rings. The van der Waals surface area contributed by atoms with Gasteiger partial charge in [-0.05, 0) is 20.8 Å². The third kappa shape index (κ3) is 2.42. The molecule has 0 atom stereocenters. The maximum Gasteiger partial charge on any atom is 0.224 e. The molecule has 2 N–H and O–H groups in total. The molecule has 18 heavy (non-hydrogen) atoms. The third-order valence-corrected chi connectivity index (χ3v) is 2.81. The van der Waals surface area contributed by atoms with Crippen LogP contribution < -0.4 is 10.6 Å². The first-order chi connectivity index (χ1) is 8.61. The van der Waals surface area contributed by atoms with Crippen molar-refractivity contribution in [2.24, 2.45) is 0 Å². The van der Waals surface area contributed by atoms with Crippen molar-refractivity contribution in [2.45, 2.75) is 27.3 Å². The van der Waals surface area contributed by atoms with Gasteiger partial charge < -0.3 is 15.2 Å². The van der Waals surface area contributed by atoms with Crippen molar-refractivity contribution in [3.63, 3.8) is 0 Å². The normalized spacial score (nSPS) is 10.4. The molecule has 0 saturated heterocycles. The van der Waals surface area contributed by atoms with E-state index in [0.717, 1.165) is 28.4 Å². The van der Waals surface area contributed by atoms with Crippen LogP contribution in [-0.2, 0) is 6.54 Å². The summed E-state index contributed by atoms with van der Waals surface area (Å²) in [7, 11) is 1.79. The lowest BCUT2D eigenvalue weighted by atomic mass is 10.2. The van der Waals surface area contributed by atoms with E-state index in [4.69, 9.17) is 4.52 Å². The van der Waals surface area contributed by atoms with E-state index >= 15 is 0 Å². The molecule has 0 radical (unpaired) electrons. The van der Waals surface area contributed by atoms with Gasteiger partial charge in [0.2, 0.25) is 5.95 Å². The van der Waals surface area contributed by atoms with Crippen LogP contribution in [0.2, 0.25) is 0 Å². The van der Waals surface area contributed by atoms with Gasteiger partial charge in [-0.2, -0.15) is 4.98 Å². The zero-order valence-electron chi connectivity index (χ0n) is 11.0. The number of aromatic nitrogens is 3. The number of hydrogen-bond acceptors (Lipinski definition) is 6. The number of rotatable bonds is 4. The monoisotopic (exact) mass is 247 g/mol. The summed E-state index contributed by atoms with van der Waals surface area (Å²) >= 11 is 0. The highest BCUT2D eigenvalue weighted by atomic mass is 16.5. The van der Waals surface area contributed by atoms with Crippen molar-refractivity contribution in [2.75, 3.05) is 17.7 Å². The molecule has 2 heterocycles. The van der Waals surface area contributed by atoms with Crippen molar-refractivity contribution < 1.29 is 4.52 Å². The van der Waals surface area contributed by atoms with Gasteiger partial charge in [-0.25, -0.2) is 4.98 Å². The molecule has 2 aromatic heterocycles. The van der Waals surface area contributed by atoms with Crippen LogP contribution in [0.1, 0.15) is 22.6 Å². The van der Waals surface area contributed by atoms with Crippen molar-refractivity contribution in [1.82, 2.24) is 15.1 Å². The fourth-order valence-corrected chi connectivity index (χ4v) is 1.67. The highest BCUT2D eigenvalue weighted by molar-refractivity contribution is 5.47. The van der Waals surface area contributed by atoms with Gasteiger partial charge >= 0.3 is 0 Å². The van der Waals surface area contributed by atoms with Gasteiger partial charge in [0.1, 0.15) is 11.6 Å². The molecule has 6 heteroatoms. The summed E-state index contributed by atoms with van der Waals surface area (Å²) in [6, 6.07) is 0. The predicted molar refractivity (Wildman–Crippen MR) is 69.6 cm³/mol. The van der Waals surface area contributed by atoms with E-state index < -0.39 is 0 Å². The van der Waals surface area contributed by atoms with Crippen molar-refractivity contribution >= 4 is 11.8 Å². The molecule has 0 amide bonds. The van der Waals surface area contributed by atoms with Gasteiger partial charge in [-0.15, -0.1) is 0 Å². The lowest BCUT2D eigenvalue weighted by Gasteiger charge is -2.09. The Labute approximate surface area is 106 Å². The maximum absolute atomic E-state index is 5.12. The molecule has 0 aliphatic rings. The summed E-state index contributed by atoms with van der Waals surface area (Å²) in [4.78, 5) is 8.51. The Morgan fingerprint density at radius 2 is 2.06 bits per heavy atom. The number of hydrogen-bond donors (Lipinski definition) is 2. The molecule has 0 fully saturated rings. The van der Waals surface area contributed by atoms with Crippen LogP contribution >= 0.6 is 0 Å². The quantitative estimate of drug-likeness (QED) is 0.861. The minimum absolute atomic E-state index is 0.599. The smallest absolute Gasteiger partial charge is 0.224 e.